The smallest absolute Gasteiger partial charge is 0.0106 e. The molecule has 0 spiro atoms. The Hall–Kier alpha value is 0.0400. The summed E-state index contributed by atoms with van der Waals surface area (Å²) in [7, 11) is 0. The lowest BCUT2D eigenvalue weighted by molar-refractivity contribution is 1.49. The second-order valence-electron chi connectivity index (χ2n) is 0.521. The molecule has 0 saturated carbocycles. The van der Waals surface area contributed by atoms with Crippen molar-refractivity contribution in [2.75, 3.05) is 0 Å². The summed E-state index contributed by atoms with van der Waals surface area (Å²) in [6.45, 7) is 3.47. The Morgan fingerprint density at radius 2 is 2.40 bits per heavy atom. The third-order valence-corrected chi connectivity index (χ3v) is 0.472. The van der Waals surface area contributed by atoms with Crippen LogP contribution >= 0.6 is 15.9 Å². The van der Waals surface area contributed by atoms with Crippen molar-refractivity contribution in [3.05, 3.63) is 6.92 Å². The second-order valence-corrected chi connectivity index (χ2v) is 0.918. The zero-order chi connectivity index (χ0) is 4.12. The molecule has 0 aromatic carbocycles. The van der Waals surface area contributed by atoms with Gasteiger partial charge in [0.15, 0.2) is 0 Å². The molecule has 1 radical (unpaired) electrons. The Bertz CT molecular complexity index is 55.8. The zero-order valence-corrected chi connectivity index (χ0v) is 4.38. The van der Waals surface area contributed by atoms with Gasteiger partial charge < -0.3 is 0 Å². The monoisotopic (exact) mass is 131 g/mol. The van der Waals surface area contributed by atoms with Crippen molar-refractivity contribution < 1.29 is 0 Å². The van der Waals surface area contributed by atoms with E-state index in [-0.39, 0.29) is 0 Å². The Balaban J connectivity index is 2.81. The topological polar surface area (TPSA) is 0 Å². The van der Waals surface area contributed by atoms with E-state index in [1.807, 2.05) is 0 Å². The number of halogens is 1. The molecule has 0 aromatic rings. The van der Waals surface area contributed by atoms with Gasteiger partial charge in [0.2, 0.25) is 0 Å². The van der Waals surface area contributed by atoms with Gasteiger partial charge in [-0.1, -0.05) is 5.92 Å². The Morgan fingerprint density at radius 1 is 1.80 bits per heavy atom. The predicted octanol–water partition coefficient (Wildman–Crippen LogP) is 1.57. The molecule has 0 aliphatic rings. The van der Waals surface area contributed by atoms with Crippen molar-refractivity contribution in [3.63, 3.8) is 0 Å². The molecule has 0 nitrogen and oxygen atoms in total. The second kappa shape index (κ2) is 4.04. The van der Waals surface area contributed by atoms with Crippen molar-refractivity contribution in [2.24, 2.45) is 0 Å². The lowest BCUT2D eigenvalue weighted by atomic mass is 10.5. The third-order valence-electron chi connectivity index (χ3n) is 0.192. The fraction of sp³-hybridized carbons (Fsp3) is 0.250. The van der Waals surface area contributed by atoms with E-state index in [1.165, 1.54) is 0 Å². The van der Waals surface area contributed by atoms with Crippen LogP contribution in [0.3, 0.4) is 0 Å². The number of hydrogen-bond acceptors (Lipinski definition) is 0. The summed E-state index contributed by atoms with van der Waals surface area (Å²) in [4.78, 5) is 2.52. The van der Waals surface area contributed by atoms with Crippen molar-refractivity contribution in [1.82, 2.24) is 0 Å². The molecule has 0 amide bonds. The van der Waals surface area contributed by atoms with Crippen LogP contribution in [0.5, 0.6) is 0 Å². The van der Waals surface area contributed by atoms with Gasteiger partial charge in [-0.3, -0.25) is 0 Å². The highest BCUT2D eigenvalue weighted by molar-refractivity contribution is 9.12. The largest absolute Gasteiger partial charge is 0.0908 e. The molecule has 0 unspecified atom stereocenters. The Kier molecular flexibility index (Phi) is 4.07. The summed E-state index contributed by atoms with van der Waals surface area (Å²) >= 11 is 2.91. The molecular weight excluding hydrogens is 128 g/mol. The van der Waals surface area contributed by atoms with E-state index >= 15 is 0 Å². The van der Waals surface area contributed by atoms with Crippen LogP contribution < -0.4 is 0 Å². The molecule has 0 fully saturated rings. The SMILES string of the molecule is [CH2]CC#CBr. The van der Waals surface area contributed by atoms with Crippen LogP contribution in [0.25, 0.3) is 0 Å². The van der Waals surface area contributed by atoms with E-state index in [4.69, 9.17) is 0 Å². The van der Waals surface area contributed by atoms with Crippen molar-refractivity contribution in [3.8, 4) is 10.8 Å². The highest BCUT2D eigenvalue weighted by Crippen LogP contribution is 1.70. The van der Waals surface area contributed by atoms with Gasteiger partial charge in [0.25, 0.3) is 0 Å². The van der Waals surface area contributed by atoms with Gasteiger partial charge in [-0.2, -0.15) is 0 Å². The van der Waals surface area contributed by atoms with E-state index < -0.39 is 0 Å². The van der Waals surface area contributed by atoms with Gasteiger partial charge in [0.05, 0.1) is 0 Å². The van der Waals surface area contributed by atoms with Crippen LogP contribution in [0.1, 0.15) is 6.42 Å². The summed E-state index contributed by atoms with van der Waals surface area (Å²) in [5.74, 6) is 2.67. The first-order valence-electron chi connectivity index (χ1n) is 1.29. The summed E-state index contributed by atoms with van der Waals surface area (Å²) < 4.78 is 0. The van der Waals surface area contributed by atoms with Crippen LogP contribution in [0.15, 0.2) is 0 Å². The predicted molar refractivity (Wildman–Crippen MR) is 26.7 cm³/mol. The van der Waals surface area contributed by atoms with Gasteiger partial charge >= 0.3 is 0 Å². The normalized spacial score (nSPS) is 5.20. The average Bonchev–Trinajstić information content (AvgIpc) is 1.41. The van der Waals surface area contributed by atoms with Crippen LogP contribution in [-0.4, -0.2) is 0 Å². The van der Waals surface area contributed by atoms with E-state index in [2.05, 4.69) is 33.6 Å². The molecule has 0 aromatic heterocycles. The third kappa shape index (κ3) is 4.04. The standard InChI is InChI=1S/C4H4Br/c1-2-3-4-5/h1-2H2. The first-order valence-corrected chi connectivity index (χ1v) is 2.09. The molecule has 0 saturated heterocycles. The average molecular weight is 132 g/mol. The van der Waals surface area contributed by atoms with Gasteiger partial charge in [0, 0.05) is 22.4 Å². The van der Waals surface area contributed by atoms with E-state index in [9.17, 15) is 0 Å². The maximum absolute atomic E-state index is 3.47. The molecule has 27 valence electrons. The quantitative estimate of drug-likeness (QED) is 0.439. The molecule has 0 aliphatic carbocycles. The number of rotatable bonds is 0. The summed E-state index contributed by atoms with van der Waals surface area (Å²) in [5.41, 5.74) is 0. The van der Waals surface area contributed by atoms with Crippen LogP contribution in [0.4, 0.5) is 0 Å². The lowest BCUT2D eigenvalue weighted by Gasteiger charge is -1.56. The zero-order valence-electron chi connectivity index (χ0n) is 2.79. The molecule has 0 rings (SSSR count). The first-order chi connectivity index (χ1) is 2.41. The van der Waals surface area contributed by atoms with E-state index in [1.54, 1.807) is 0 Å². The molecular formula is C4H4Br. The van der Waals surface area contributed by atoms with E-state index in [0.29, 0.717) is 6.42 Å². The van der Waals surface area contributed by atoms with Gasteiger partial charge in [-0.25, -0.2) is 0 Å². The Morgan fingerprint density at radius 3 is 2.40 bits per heavy atom. The van der Waals surface area contributed by atoms with Crippen LogP contribution in [-0.2, 0) is 0 Å². The Labute approximate surface area is 40.7 Å². The minimum atomic E-state index is 0.686. The number of hydrogen-bond donors (Lipinski definition) is 0. The molecule has 0 heterocycles. The minimum Gasteiger partial charge on any atom is -0.0908 e. The summed E-state index contributed by atoms with van der Waals surface area (Å²) in [6.07, 6.45) is 0.686. The molecule has 0 atom stereocenters. The van der Waals surface area contributed by atoms with Crippen molar-refractivity contribution in [1.29, 1.82) is 0 Å². The fourth-order valence-electron chi connectivity index (χ4n) is 0.0472. The van der Waals surface area contributed by atoms with Crippen LogP contribution in [0, 0.1) is 17.7 Å². The highest BCUT2D eigenvalue weighted by Gasteiger charge is 1.50. The summed E-state index contributed by atoms with van der Waals surface area (Å²) in [5, 5.41) is 0. The van der Waals surface area contributed by atoms with Crippen molar-refractivity contribution >= 4 is 15.9 Å². The molecule has 0 aliphatic heterocycles. The van der Waals surface area contributed by atoms with Gasteiger partial charge in [-0.05, 0) is 11.8 Å². The molecule has 0 N–H and O–H groups in total. The molecule has 5 heavy (non-hydrogen) atoms. The molecule has 1 heteroatoms. The minimum absolute atomic E-state index is 0.686. The van der Waals surface area contributed by atoms with Crippen LogP contribution in [0.2, 0.25) is 0 Å². The first kappa shape index (κ1) is 5.04. The fourth-order valence-corrected chi connectivity index (χ4v) is 0.245. The van der Waals surface area contributed by atoms with E-state index in [0.717, 1.165) is 0 Å². The van der Waals surface area contributed by atoms with Crippen molar-refractivity contribution in [2.45, 2.75) is 6.42 Å². The highest BCUT2D eigenvalue weighted by atomic mass is 79.9. The molecule has 0 bridgehead atoms. The lowest BCUT2D eigenvalue weighted by Crippen LogP contribution is -1.43. The maximum atomic E-state index is 3.47. The van der Waals surface area contributed by atoms with Gasteiger partial charge in [0.1, 0.15) is 0 Å². The van der Waals surface area contributed by atoms with Gasteiger partial charge in [-0.15, -0.1) is 0 Å². The summed E-state index contributed by atoms with van der Waals surface area (Å²) in [6, 6.07) is 0. The maximum Gasteiger partial charge on any atom is 0.0106 e.